The number of carbonyl (C=O) groups excluding carboxylic acids is 2. The Morgan fingerprint density at radius 3 is 2.69 bits per heavy atom. The molecule has 2 aliphatic rings. The van der Waals surface area contributed by atoms with E-state index in [4.69, 9.17) is 4.42 Å². The molecular weight excluding hydrogens is 454 g/mol. The van der Waals surface area contributed by atoms with Crippen LogP contribution >= 0.6 is 0 Å². The first-order valence-corrected chi connectivity index (χ1v) is 11.4. The van der Waals surface area contributed by atoms with Gasteiger partial charge in [-0.1, -0.05) is 24.3 Å². The van der Waals surface area contributed by atoms with Crippen LogP contribution in [-0.4, -0.2) is 63.1 Å². The van der Waals surface area contributed by atoms with Crippen LogP contribution in [0.15, 0.2) is 51.7 Å². The molecule has 3 aromatic rings. The molecule has 0 aliphatic carbocycles. The maximum absolute atomic E-state index is 12.8. The average Bonchev–Trinajstić information content (AvgIpc) is 3.22. The van der Waals surface area contributed by atoms with Crippen LogP contribution in [0.5, 0.6) is 0 Å². The minimum absolute atomic E-state index is 0.00888. The number of amides is 4. The number of hydrogen-bond acceptors (Lipinski definition) is 5. The van der Waals surface area contributed by atoms with Gasteiger partial charge in [-0.15, -0.1) is 0 Å². The van der Waals surface area contributed by atoms with E-state index in [1.54, 1.807) is 28.0 Å². The molecule has 182 valence electrons. The molecule has 0 spiro atoms. The number of piperidine rings is 1. The van der Waals surface area contributed by atoms with Gasteiger partial charge in [0.15, 0.2) is 5.58 Å². The van der Waals surface area contributed by atoms with Gasteiger partial charge < -0.3 is 30.0 Å². The second kappa shape index (κ2) is 9.16. The number of H-pyrrole nitrogens is 1. The number of aromatic nitrogens is 1. The van der Waals surface area contributed by atoms with Crippen LogP contribution in [-0.2, 0) is 17.8 Å². The number of aromatic amines is 1. The highest BCUT2D eigenvalue weighted by molar-refractivity contribution is 5.92. The number of aliphatic carboxylic acids is 1. The summed E-state index contributed by atoms with van der Waals surface area (Å²) in [5.41, 5.74) is 3.33. The van der Waals surface area contributed by atoms with E-state index in [0.29, 0.717) is 49.1 Å². The minimum Gasteiger partial charge on any atom is -0.480 e. The van der Waals surface area contributed by atoms with E-state index in [9.17, 15) is 24.3 Å². The Morgan fingerprint density at radius 1 is 1.14 bits per heavy atom. The Balaban J connectivity index is 1.18. The summed E-state index contributed by atoms with van der Waals surface area (Å²) in [6, 6.07) is 10.8. The standard InChI is InChI=1S/C24H25N5O6/c30-21(31)19(11-14-5-6-18-20(12-14)35-24(34)27-18)26-22(32)28-9-7-16(8-10-28)29-13-15-3-1-2-4-17(15)25-23(29)33/h1-6,12,16,19H,7-11,13H2,(H,25,33)(H,26,32)(H,27,34)(H,30,31)/t19-/m1/s1. The molecule has 4 amide bonds. The summed E-state index contributed by atoms with van der Waals surface area (Å²) in [6.07, 6.45) is 1.24. The van der Waals surface area contributed by atoms with Crippen molar-refractivity contribution in [2.24, 2.45) is 0 Å². The van der Waals surface area contributed by atoms with E-state index < -0.39 is 23.8 Å². The van der Waals surface area contributed by atoms with Crippen molar-refractivity contribution >= 4 is 34.8 Å². The summed E-state index contributed by atoms with van der Waals surface area (Å²) >= 11 is 0. The van der Waals surface area contributed by atoms with Crippen LogP contribution < -0.4 is 16.4 Å². The number of benzene rings is 2. The van der Waals surface area contributed by atoms with E-state index in [2.05, 4.69) is 15.6 Å². The van der Waals surface area contributed by atoms with Crippen LogP contribution in [0.25, 0.3) is 11.1 Å². The molecule has 1 fully saturated rings. The fraction of sp³-hybridized carbons (Fsp3) is 0.333. The zero-order chi connectivity index (χ0) is 24.5. The Labute approximate surface area is 199 Å². The molecule has 11 heteroatoms. The quantitative estimate of drug-likeness (QED) is 0.442. The number of rotatable bonds is 5. The van der Waals surface area contributed by atoms with Gasteiger partial charge in [0.05, 0.1) is 5.52 Å². The topological polar surface area (TPSA) is 148 Å². The lowest BCUT2D eigenvalue weighted by atomic mass is 10.0. The molecule has 0 bridgehead atoms. The van der Waals surface area contributed by atoms with Crippen molar-refractivity contribution in [2.75, 3.05) is 18.4 Å². The van der Waals surface area contributed by atoms with Gasteiger partial charge in [0, 0.05) is 37.8 Å². The lowest BCUT2D eigenvalue weighted by Crippen LogP contribution is -2.54. The summed E-state index contributed by atoms with van der Waals surface area (Å²) in [5, 5.41) is 15.2. The van der Waals surface area contributed by atoms with Crippen LogP contribution in [0.3, 0.4) is 0 Å². The van der Waals surface area contributed by atoms with Crippen LogP contribution in [0.4, 0.5) is 15.3 Å². The van der Waals surface area contributed by atoms with Crippen molar-refractivity contribution in [3.05, 3.63) is 64.1 Å². The smallest absolute Gasteiger partial charge is 0.417 e. The third-order valence-corrected chi connectivity index (χ3v) is 6.57. The zero-order valence-corrected chi connectivity index (χ0v) is 18.8. The molecule has 35 heavy (non-hydrogen) atoms. The number of likely N-dealkylation sites (tertiary alicyclic amines) is 1. The average molecular weight is 479 g/mol. The number of carboxylic acids is 1. The van der Waals surface area contributed by atoms with Crippen LogP contribution in [0.1, 0.15) is 24.0 Å². The van der Waals surface area contributed by atoms with Crippen molar-refractivity contribution in [1.82, 2.24) is 20.1 Å². The van der Waals surface area contributed by atoms with E-state index >= 15 is 0 Å². The summed E-state index contributed by atoms with van der Waals surface area (Å²) in [7, 11) is 0. The second-order valence-electron chi connectivity index (χ2n) is 8.82. The number of para-hydroxylation sites is 1. The first kappa shape index (κ1) is 22.5. The Bertz CT molecular complexity index is 1340. The summed E-state index contributed by atoms with van der Waals surface area (Å²) in [6.45, 7) is 1.34. The first-order valence-electron chi connectivity index (χ1n) is 11.4. The maximum Gasteiger partial charge on any atom is 0.417 e. The van der Waals surface area contributed by atoms with E-state index in [1.165, 1.54) is 0 Å². The SMILES string of the molecule is O=C(O)[C@@H](Cc1ccc2[nH]c(=O)oc2c1)NC(=O)N1CCC(N2Cc3ccccc3NC2=O)CC1. The van der Waals surface area contributed by atoms with Crippen LogP contribution in [0.2, 0.25) is 0 Å². The third-order valence-electron chi connectivity index (χ3n) is 6.57. The van der Waals surface area contributed by atoms with Crippen LogP contribution in [0, 0.1) is 0 Å². The van der Waals surface area contributed by atoms with Gasteiger partial charge in [0.1, 0.15) is 6.04 Å². The number of nitrogens with zero attached hydrogens (tertiary/aromatic N) is 2. The molecular formula is C24H25N5O6. The Hall–Kier alpha value is -4.28. The van der Waals surface area contributed by atoms with Gasteiger partial charge >= 0.3 is 23.8 Å². The Morgan fingerprint density at radius 2 is 1.91 bits per heavy atom. The predicted octanol–water partition coefficient (Wildman–Crippen LogP) is 2.34. The molecule has 0 radical (unpaired) electrons. The van der Waals surface area contributed by atoms with Crippen molar-refractivity contribution in [3.63, 3.8) is 0 Å². The fourth-order valence-electron chi connectivity index (χ4n) is 4.69. The van der Waals surface area contributed by atoms with Gasteiger partial charge in [-0.25, -0.2) is 19.2 Å². The second-order valence-corrected chi connectivity index (χ2v) is 8.82. The minimum atomic E-state index is -1.16. The van der Waals surface area contributed by atoms with E-state index in [-0.39, 0.29) is 18.5 Å². The van der Waals surface area contributed by atoms with Crippen molar-refractivity contribution < 1.29 is 23.9 Å². The van der Waals surface area contributed by atoms with Gasteiger partial charge in [-0.05, 0) is 42.2 Å². The zero-order valence-electron chi connectivity index (χ0n) is 18.8. The molecule has 2 aliphatic heterocycles. The molecule has 1 aromatic heterocycles. The van der Waals surface area contributed by atoms with Crippen molar-refractivity contribution in [2.45, 2.75) is 37.9 Å². The number of anilines is 1. The third kappa shape index (κ3) is 4.70. The fourth-order valence-corrected chi connectivity index (χ4v) is 4.69. The molecule has 11 nitrogen and oxygen atoms in total. The van der Waals surface area contributed by atoms with Gasteiger partial charge in [-0.2, -0.15) is 0 Å². The predicted molar refractivity (Wildman–Crippen MR) is 126 cm³/mol. The van der Waals surface area contributed by atoms with Crippen molar-refractivity contribution in [3.8, 4) is 0 Å². The highest BCUT2D eigenvalue weighted by atomic mass is 16.4. The molecule has 4 N–H and O–H groups in total. The maximum atomic E-state index is 12.8. The normalized spacial score (nSPS) is 17.1. The highest BCUT2D eigenvalue weighted by Crippen LogP contribution is 2.27. The van der Waals surface area contributed by atoms with Crippen molar-refractivity contribution in [1.29, 1.82) is 0 Å². The number of fused-ring (bicyclic) bond motifs is 2. The molecule has 2 aromatic carbocycles. The molecule has 0 saturated carbocycles. The number of oxazole rings is 1. The van der Waals surface area contributed by atoms with Gasteiger partial charge in [-0.3, -0.25) is 4.98 Å². The number of urea groups is 2. The first-order chi connectivity index (χ1) is 16.9. The lowest BCUT2D eigenvalue weighted by molar-refractivity contribution is -0.139. The molecule has 0 unspecified atom stereocenters. The van der Waals surface area contributed by atoms with E-state index in [1.807, 2.05) is 24.3 Å². The largest absolute Gasteiger partial charge is 0.480 e. The summed E-state index contributed by atoms with van der Waals surface area (Å²) in [4.78, 5) is 54.5. The number of nitrogens with one attached hydrogen (secondary N) is 3. The molecule has 1 atom stereocenters. The Kier molecular flexibility index (Phi) is 5.89. The highest BCUT2D eigenvalue weighted by Gasteiger charge is 2.33. The number of hydrogen-bond donors (Lipinski definition) is 4. The number of carbonyl (C=O) groups is 3. The molecule has 5 rings (SSSR count). The number of carboxylic acid groups (broad SMARTS) is 1. The summed E-state index contributed by atoms with van der Waals surface area (Å²) in [5.74, 6) is -1.75. The molecule has 1 saturated heterocycles. The summed E-state index contributed by atoms with van der Waals surface area (Å²) < 4.78 is 5.03. The molecule has 3 heterocycles. The van der Waals surface area contributed by atoms with E-state index in [0.717, 1.165) is 11.3 Å². The van der Waals surface area contributed by atoms with Gasteiger partial charge in [0.25, 0.3) is 0 Å². The lowest BCUT2D eigenvalue weighted by Gasteiger charge is -2.40. The monoisotopic (exact) mass is 479 g/mol. The van der Waals surface area contributed by atoms with Gasteiger partial charge in [0.2, 0.25) is 0 Å².